The summed E-state index contributed by atoms with van der Waals surface area (Å²) < 4.78 is 5.82. The smallest absolute Gasteiger partial charge is 0.0727 e. The van der Waals surface area contributed by atoms with Crippen LogP contribution in [0.2, 0.25) is 0 Å². The van der Waals surface area contributed by atoms with Gasteiger partial charge in [-0.15, -0.1) is 0 Å². The van der Waals surface area contributed by atoms with E-state index in [0.717, 1.165) is 41.9 Å². The zero-order valence-corrected chi connectivity index (χ0v) is 13.0. The number of fused-ring (bicyclic) bond motifs is 1. The van der Waals surface area contributed by atoms with E-state index in [1.54, 1.807) is 0 Å². The lowest BCUT2D eigenvalue weighted by molar-refractivity contribution is 0.0301. The molecule has 3 rings (SSSR count). The minimum Gasteiger partial charge on any atom is -0.399 e. The van der Waals surface area contributed by atoms with Crippen LogP contribution in [0.1, 0.15) is 26.0 Å². The van der Waals surface area contributed by atoms with Gasteiger partial charge >= 0.3 is 0 Å². The fraction of sp³-hybridized carbons (Fsp3) is 0.471. The summed E-state index contributed by atoms with van der Waals surface area (Å²) in [5.74, 6) is 0. The number of hydrogen-bond acceptors (Lipinski definition) is 4. The van der Waals surface area contributed by atoms with Crippen molar-refractivity contribution in [1.29, 1.82) is 0 Å². The molecular weight excluding hydrogens is 262 g/mol. The molecule has 2 heterocycles. The van der Waals surface area contributed by atoms with Crippen molar-refractivity contribution < 1.29 is 4.74 Å². The number of nitrogens with zero attached hydrogens (tertiary/aromatic N) is 2. The predicted octanol–water partition coefficient (Wildman–Crippen LogP) is 3.13. The maximum atomic E-state index is 5.98. The molecule has 1 aromatic heterocycles. The van der Waals surface area contributed by atoms with Crippen molar-refractivity contribution >= 4 is 22.3 Å². The lowest BCUT2D eigenvalue weighted by Gasteiger charge is -2.40. The summed E-state index contributed by atoms with van der Waals surface area (Å²) in [5.41, 5.74) is 10.0. The van der Waals surface area contributed by atoms with Crippen molar-refractivity contribution in [3.8, 4) is 0 Å². The van der Waals surface area contributed by atoms with Crippen LogP contribution in [0.3, 0.4) is 0 Å². The number of nitrogens with two attached hydrogens (primary N) is 1. The van der Waals surface area contributed by atoms with Crippen molar-refractivity contribution in [2.45, 2.75) is 39.3 Å². The Kier molecular flexibility index (Phi) is 3.72. The maximum absolute atomic E-state index is 5.98. The van der Waals surface area contributed by atoms with E-state index in [4.69, 9.17) is 10.5 Å². The quantitative estimate of drug-likeness (QED) is 0.861. The number of pyridine rings is 1. The summed E-state index contributed by atoms with van der Waals surface area (Å²) in [6, 6.07) is 8.53. The molecule has 0 amide bonds. The molecule has 1 aliphatic rings. The molecule has 1 aliphatic heterocycles. The van der Waals surface area contributed by atoms with Gasteiger partial charge in [0.2, 0.25) is 0 Å². The minimum atomic E-state index is 0.248. The molecule has 4 nitrogen and oxygen atoms in total. The molecule has 2 atom stereocenters. The van der Waals surface area contributed by atoms with Gasteiger partial charge in [-0.1, -0.05) is 6.92 Å². The Morgan fingerprint density at radius 1 is 1.38 bits per heavy atom. The van der Waals surface area contributed by atoms with Crippen LogP contribution in [0.5, 0.6) is 0 Å². The average molecular weight is 285 g/mol. The number of rotatable bonds is 2. The Labute approximate surface area is 125 Å². The van der Waals surface area contributed by atoms with Crippen LogP contribution in [0, 0.1) is 6.92 Å². The highest BCUT2D eigenvalue weighted by molar-refractivity contribution is 5.94. The van der Waals surface area contributed by atoms with E-state index >= 15 is 0 Å². The first-order valence-electron chi connectivity index (χ1n) is 7.63. The van der Waals surface area contributed by atoms with E-state index in [9.17, 15) is 0 Å². The third kappa shape index (κ3) is 2.68. The summed E-state index contributed by atoms with van der Waals surface area (Å²) in [7, 11) is 0. The van der Waals surface area contributed by atoms with Gasteiger partial charge in [-0.2, -0.15) is 0 Å². The molecule has 4 heteroatoms. The normalized spacial score (nSPS) is 22.7. The lowest BCUT2D eigenvalue weighted by atomic mass is 10.1. The Morgan fingerprint density at radius 2 is 2.19 bits per heavy atom. The highest BCUT2D eigenvalue weighted by Crippen LogP contribution is 2.32. The standard InChI is InChI=1S/C17H23N3O/c1-4-14-10-21-12(3)9-20(14)17-7-11(2)19-16-6-5-13(18)8-15(16)17/h5-8,12,14H,4,9-10,18H2,1-3H3. The van der Waals surface area contributed by atoms with Crippen LogP contribution in [-0.2, 0) is 4.74 Å². The Balaban J connectivity index is 2.15. The predicted molar refractivity (Wildman–Crippen MR) is 87.7 cm³/mol. The molecule has 0 radical (unpaired) electrons. The minimum absolute atomic E-state index is 0.248. The Bertz CT molecular complexity index is 656. The van der Waals surface area contributed by atoms with Crippen molar-refractivity contribution in [3.63, 3.8) is 0 Å². The van der Waals surface area contributed by atoms with Crippen LogP contribution in [0.25, 0.3) is 10.9 Å². The van der Waals surface area contributed by atoms with Crippen molar-refractivity contribution in [1.82, 2.24) is 4.98 Å². The van der Waals surface area contributed by atoms with Gasteiger partial charge in [0, 0.05) is 29.0 Å². The van der Waals surface area contributed by atoms with Crippen LogP contribution in [0.15, 0.2) is 24.3 Å². The monoisotopic (exact) mass is 285 g/mol. The summed E-state index contributed by atoms with van der Waals surface area (Å²) in [6.45, 7) is 8.07. The molecule has 2 unspecified atom stereocenters. The first-order valence-corrected chi connectivity index (χ1v) is 7.63. The molecule has 0 aliphatic carbocycles. The van der Waals surface area contributed by atoms with E-state index in [0.29, 0.717) is 6.04 Å². The summed E-state index contributed by atoms with van der Waals surface area (Å²) in [5, 5.41) is 1.13. The molecule has 112 valence electrons. The highest BCUT2D eigenvalue weighted by Gasteiger charge is 2.27. The molecule has 1 aromatic carbocycles. The largest absolute Gasteiger partial charge is 0.399 e. The average Bonchev–Trinajstić information content (AvgIpc) is 2.47. The van der Waals surface area contributed by atoms with Crippen LogP contribution in [0.4, 0.5) is 11.4 Å². The van der Waals surface area contributed by atoms with Crippen LogP contribution < -0.4 is 10.6 Å². The van der Waals surface area contributed by atoms with Gasteiger partial charge in [-0.05, 0) is 44.5 Å². The fourth-order valence-electron chi connectivity index (χ4n) is 3.07. The molecule has 2 aromatic rings. The number of anilines is 2. The molecular formula is C17H23N3O. The lowest BCUT2D eigenvalue weighted by Crippen LogP contribution is -2.48. The van der Waals surface area contributed by atoms with Crippen molar-refractivity contribution in [2.24, 2.45) is 0 Å². The zero-order chi connectivity index (χ0) is 15.0. The second-order valence-electron chi connectivity index (χ2n) is 5.92. The van der Waals surface area contributed by atoms with Crippen LogP contribution >= 0.6 is 0 Å². The third-order valence-electron chi connectivity index (χ3n) is 4.19. The number of aryl methyl sites for hydroxylation is 1. The molecule has 1 fully saturated rings. The van der Waals surface area contributed by atoms with Crippen LogP contribution in [-0.4, -0.2) is 30.3 Å². The fourth-order valence-corrected chi connectivity index (χ4v) is 3.07. The molecule has 1 saturated heterocycles. The number of morpholine rings is 1. The number of aromatic nitrogens is 1. The van der Waals surface area contributed by atoms with Gasteiger partial charge in [0.25, 0.3) is 0 Å². The summed E-state index contributed by atoms with van der Waals surface area (Å²) in [4.78, 5) is 7.09. The van der Waals surface area contributed by atoms with Gasteiger partial charge in [0.1, 0.15) is 0 Å². The van der Waals surface area contributed by atoms with Gasteiger partial charge in [0.05, 0.1) is 24.3 Å². The number of nitrogen functional groups attached to an aromatic ring is 1. The van der Waals surface area contributed by atoms with Crippen molar-refractivity contribution in [2.75, 3.05) is 23.8 Å². The van der Waals surface area contributed by atoms with Crippen molar-refractivity contribution in [3.05, 3.63) is 30.0 Å². The SMILES string of the molecule is CCC1COC(C)CN1c1cc(C)nc2ccc(N)cc12. The highest BCUT2D eigenvalue weighted by atomic mass is 16.5. The summed E-state index contributed by atoms with van der Waals surface area (Å²) >= 11 is 0. The zero-order valence-electron chi connectivity index (χ0n) is 13.0. The number of ether oxygens (including phenoxy) is 1. The first-order chi connectivity index (χ1) is 10.1. The van der Waals surface area contributed by atoms with E-state index in [1.807, 2.05) is 25.1 Å². The maximum Gasteiger partial charge on any atom is 0.0727 e. The number of hydrogen-bond donors (Lipinski definition) is 1. The van der Waals surface area contributed by atoms with E-state index in [2.05, 4.69) is 29.8 Å². The van der Waals surface area contributed by atoms with Gasteiger partial charge < -0.3 is 15.4 Å². The third-order valence-corrected chi connectivity index (χ3v) is 4.19. The Hall–Kier alpha value is -1.81. The van der Waals surface area contributed by atoms with E-state index in [-0.39, 0.29) is 6.10 Å². The van der Waals surface area contributed by atoms with E-state index in [1.165, 1.54) is 5.69 Å². The molecule has 0 bridgehead atoms. The molecule has 0 saturated carbocycles. The van der Waals surface area contributed by atoms with Gasteiger partial charge in [0.15, 0.2) is 0 Å². The number of benzene rings is 1. The topological polar surface area (TPSA) is 51.4 Å². The van der Waals surface area contributed by atoms with Gasteiger partial charge in [-0.25, -0.2) is 0 Å². The molecule has 21 heavy (non-hydrogen) atoms. The van der Waals surface area contributed by atoms with E-state index < -0.39 is 0 Å². The molecule has 2 N–H and O–H groups in total. The second kappa shape index (κ2) is 5.53. The first kappa shape index (κ1) is 14.1. The second-order valence-corrected chi connectivity index (χ2v) is 5.92. The Morgan fingerprint density at radius 3 is 2.95 bits per heavy atom. The summed E-state index contributed by atoms with van der Waals surface area (Å²) in [6.07, 6.45) is 1.31. The molecule has 0 spiro atoms. The van der Waals surface area contributed by atoms with Gasteiger partial charge in [-0.3, -0.25) is 4.98 Å².